The van der Waals surface area contributed by atoms with Crippen LogP contribution >= 0.6 is 0 Å². The van der Waals surface area contributed by atoms with Gasteiger partial charge in [-0.3, -0.25) is 0 Å². The fraction of sp³-hybridized carbons (Fsp3) is 0.0566. The summed E-state index contributed by atoms with van der Waals surface area (Å²) in [7, 11) is 4.08. The summed E-state index contributed by atoms with van der Waals surface area (Å²) < 4.78 is 52.6. The molecule has 0 aliphatic heterocycles. The van der Waals surface area contributed by atoms with Gasteiger partial charge >= 0.3 is 6.18 Å². The highest BCUT2D eigenvalue weighted by atomic mass is 19.4. The predicted molar refractivity (Wildman–Crippen MR) is 243 cm³/mol. The molecule has 0 aliphatic rings. The molecule has 12 aromatic rings. The van der Waals surface area contributed by atoms with Gasteiger partial charge in [-0.25, -0.2) is 0 Å². The van der Waals surface area contributed by atoms with E-state index in [-0.39, 0.29) is 16.7 Å². The van der Waals surface area contributed by atoms with Crippen molar-refractivity contribution in [2.24, 2.45) is 14.1 Å². The molecule has 8 aromatic carbocycles. The number of nitriles is 2. The fourth-order valence-electron chi connectivity index (χ4n) is 10.3. The zero-order valence-corrected chi connectivity index (χ0v) is 33.3. The number of hydrogen-bond donors (Lipinski definition) is 0. The van der Waals surface area contributed by atoms with E-state index in [0.717, 1.165) is 99.4 Å². The van der Waals surface area contributed by atoms with E-state index in [1.807, 2.05) is 92.0 Å². The van der Waals surface area contributed by atoms with Gasteiger partial charge in [0.1, 0.15) is 11.6 Å². The van der Waals surface area contributed by atoms with Crippen LogP contribution in [0.4, 0.5) is 13.2 Å². The van der Waals surface area contributed by atoms with Crippen molar-refractivity contribution in [3.8, 4) is 34.6 Å². The van der Waals surface area contributed by atoms with Gasteiger partial charge in [-0.2, -0.15) is 23.7 Å². The molecule has 294 valence electrons. The Morgan fingerprint density at radius 3 is 1.40 bits per heavy atom. The van der Waals surface area contributed by atoms with E-state index in [4.69, 9.17) is 0 Å². The molecule has 0 radical (unpaired) electrons. The van der Waals surface area contributed by atoms with E-state index in [9.17, 15) is 23.7 Å². The third kappa shape index (κ3) is 4.68. The molecule has 4 aromatic heterocycles. The lowest BCUT2D eigenvalue weighted by Crippen LogP contribution is -2.09. The van der Waals surface area contributed by atoms with Crippen molar-refractivity contribution < 1.29 is 13.2 Å². The van der Waals surface area contributed by atoms with Crippen LogP contribution in [-0.2, 0) is 20.3 Å². The third-order valence-corrected chi connectivity index (χ3v) is 12.8. The molecule has 0 unspecified atom stereocenters. The Balaban J connectivity index is 1.32. The largest absolute Gasteiger partial charge is 0.416 e. The van der Waals surface area contributed by atoms with Crippen LogP contribution in [0.3, 0.4) is 0 Å². The smallest absolute Gasteiger partial charge is 0.342 e. The molecule has 9 heteroatoms. The number of aryl methyl sites for hydroxylation is 2. The summed E-state index contributed by atoms with van der Waals surface area (Å²) in [6.45, 7) is 0. The maximum atomic E-state index is 14.7. The van der Waals surface area contributed by atoms with E-state index in [2.05, 4.69) is 86.0 Å². The van der Waals surface area contributed by atoms with Crippen LogP contribution in [-0.4, -0.2) is 18.3 Å². The molecular weight excluding hydrogens is 778 g/mol. The number of hydrogen-bond acceptors (Lipinski definition) is 2. The number of benzene rings is 8. The van der Waals surface area contributed by atoms with Crippen molar-refractivity contribution in [3.05, 3.63) is 168 Å². The third-order valence-electron chi connectivity index (χ3n) is 12.8. The van der Waals surface area contributed by atoms with Gasteiger partial charge in [0.25, 0.3) is 0 Å². The minimum atomic E-state index is -4.73. The summed E-state index contributed by atoms with van der Waals surface area (Å²) in [6.07, 6.45) is -4.73. The Morgan fingerprint density at radius 1 is 0.452 bits per heavy atom. The van der Waals surface area contributed by atoms with E-state index in [1.165, 1.54) is 6.07 Å². The van der Waals surface area contributed by atoms with Crippen LogP contribution in [0.5, 0.6) is 0 Å². The Kier molecular flexibility index (Phi) is 7.26. The van der Waals surface area contributed by atoms with E-state index in [0.29, 0.717) is 16.9 Å². The second-order valence-electron chi connectivity index (χ2n) is 15.9. The maximum Gasteiger partial charge on any atom is 0.416 e. The lowest BCUT2D eigenvalue weighted by atomic mass is 9.95. The lowest BCUT2D eigenvalue weighted by molar-refractivity contribution is -0.137. The topological polar surface area (TPSA) is 67.3 Å². The average Bonchev–Trinajstić information content (AvgIpc) is 4.00. The van der Waals surface area contributed by atoms with Crippen LogP contribution < -0.4 is 0 Å². The number of halogens is 3. The van der Waals surface area contributed by atoms with E-state index >= 15 is 0 Å². The SMILES string of the molecule is Cn1c2ccccc2c2ccc3c4ccccc4n(-c4ccc(-c5cc(C#N)cc(C(F)(F)F)c5)c(-n5c6ccccc6c6ccc7c8ccccc8n(C)c7c65)c4C#N)c3c21. The molecule has 0 spiro atoms. The second-order valence-corrected chi connectivity index (χ2v) is 15.9. The van der Waals surface area contributed by atoms with Crippen molar-refractivity contribution in [2.75, 3.05) is 0 Å². The second kappa shape index (κ2) is 12.6. The molecule has 62 heavy (non-hydrogen) atoms. The van der Waals surface area contributed by atoms with Crippen LogP contribution in [0.15, 0.2) is 152 Å². The van der Waals surface area contributed by atoms with Gasteiger partial charge in [0.2, 0.25) is 0 Å². The van der Waals surface area contributed by atoms with E-state index in [1.54, 1.807) is 0 Å². The molecule has 0 aliphatic carbocycles. The first kappa shape index (κ1) is 35.7. The van der Waals surface area contributed by atoms with Crippen LogP contribution in [0.1, 0.15) is 16.7 Å². The molecule has 0 amide bonds. The highest BCUT2D eigenvalue weighted by Crippen LogP contribution is 2.47. The predicted octanol–water partition coefficient (Wildman–Crippen LogP) is 13.6. The molecule has 0 bridgehead atoms. The van der Waals surface area contributed by atoms with Gasteiger partial charge in [-0.05, 0) is 54.1 Å². The molecule has 4 heterocycles. The minimum absolute atomic E-state index is 0.137. The van der Waals surface area contributed by atoms with Gasteiger partial charge in [0.15, 0.2) is 0 Å². The first-order valence-corrected chi connectivity index (χ1v) is 20.2. The Morgan fingerprint density at radius 2 is 0.903 bits per heavy atom. The average molecular weight is 809 g/mol. The minimum Gasteiger partial charge on any atom is -0.342 e. The number of nitrogens with zero attached hydrogens (tertiary/aromatic N) is 6. The first-order valence-electron chi connectivity index (χ1n) is 20.2. The number of rotatable bonds is 3. The van der Waals surface area contributed by atoms with Crippen LogP contribution in [0, 0.1) is 22.7 Å². The standard InChI is InChI=1S/C53H31F3N6/c1-59-43-15-7-3-11-34(43)38-19-21-40-36-13-5-9-17-45(36)61(51(40)49(38)59)47-24-23-33(31-25-30(28-57)26-32(27-31)53(54,55)56)48(42(47)29-58)62-46-18-10-6-14-37(46)41-22-20-39-35-12-4-8-16-44(35)60(2)50(39)52(41)62/h3-27H,1-2H3. The van der Waals surface area contributed by atoms with Crippen molar-refractivity contribution in [1.82, 2.24) is 18.3 Å². The highest BCUT2D eigenvalue weighted by molar-refractivity contribution is 6.25. The number of fused-ring (bicyclic) bond motifs is 14. The number of para-hydroxylation sites is 4. The summed E-state index contributed by atoms with van der Waals surface area (Å²) in [5.41, 5.74) is 8.04. The molecule has 0 atom stereocenters. The lowest BCUT2D eigenvalue weighted by Gasteiger charge is -2.21. The zero-order chi connectivity index (χ0) is 42.2. The Labute approximate surface area is 351 Å². The monoisotopic (exact) mass is 808 g/mol. The van der Waals surface area contributed by atoms with Crippen molar-refractivity contribution in [3.63, 3.8) is 0 Å². The van der Waals surface area contributed by atoms with Gasteiger partial charge in [0.05, 0.1) is 61.7 Å². The zero-order valence-electron chi connectivity index (χ0n) is 33.3. The molecule has 6 nitrogen and oxygen atoms in total. The van der Waals surface area contributed by atoms with Crippen LogP contribution in [0.2, 0.25) is 0 Å². The van der Waals surface area contributed by atoms with Crippen molar-refractivity contribution in [1.29, 1.82) is 10.5 Å². The number of alkyl halides is 3. The van der Waals surface area contributed by atoms with Crippen molar-refractivity contribution >= 4 is 87.2 Å². The summed E-state index contributed by atoms with van der Waals surface area (Å²) in [6, 6.07) is 52.7. The van der Waals surface area contributed by atoms with Gasteiger partial charge < -0.3 is 18.3 Å². The quantitative estimate of drug-likeness (QED) is 0.178. The van der Waals surface area contributed by atoms with Crippen LogP contribution in [0.25, 0.3) is 110 Å². The summed E-state index contributed by atoms with van der Waals surface area (Å²) in [5, 5.41) is 29.9. The molecular formula is C53H31F3N6. The Bertz CT molecular complexity index is 4030. The first-order chi connectivity index (χ1) is 30.2. The highest BCUT2D eigenvalue weighted by Gasteiger charge is 2.33. The molecule has 0 saturated carbocycles. The molecule has 0 N–H and O–H groups in total. The summed E-state index contributed by atoms with van der Waals surface area (Å²) in [5.74, 6) is 0. The van der Waals surface area contributed by atoms with Gasteiger partial charge in [0, 0.05) is 73.8 Å². The summed E-state index contributed by atoms with van der Waals surface area (Å²) >= 11 is 0. The number of aromatic nitrogens is 4. The molecule has 0 saturated heterocycles. The summed E-state index contributed by atoms with van der Waals surface area (Å²) in [4.78, 5) is 0. The van der Waals surface area contributed by atoms with Gasteiger partial charge in [-0.15, -0.1) is 0 Å². The molecule has 12 rings (SSSR count). The normalized spacial score (nSPS) is 12.2. The fourth-order valence-corrected chi connectivity index (χ4v) is 10.3. The van der Waals surface area contributed by atoms with Crippen molar-refractivity contribution in [2.45, 2.75) is 6.18 Å². The Hall–Kier alpha value is -8.27. The van der Waals surface area contributed by atoms with E-state index < -0.39 is 11.7 Å². The molecule has 0 fully saturated rings. The van der Waals surface area contributed by atoms with Gasteiger partial charge in [-0.1, -0.05) is 103 Å². The maximum absolute atomic E-state index is 14.7.